The van der Waals surface area contributed by atoms with E-state index in [-0.39, 0.29) is 22.8 Å². The summed E-state index contributed by atoms with van der Waals surface area (Å²) in [4.78, 5) is 38.4. The molecule has 2 N–H and O–H groups in total. The van der Waals surface area contributed by atoms with Crippen molar-refractivity contribution >= 4 is 32.8 Å². The van der Waals surface area contributed by atoms with Gasteiger partial charge in [-0.05, 0) is 31.0 Å². The zero-order valence-corrected chi connectivity index (χ0v) is 18.2. The zero-order chi connectivity index (χ0) is 22.3. The first-order chi connectivity index (χ1) is 14.2. The van der Waals surface area contributed by atoms with Crippen LogP contribution in [0.3, 0.4) is 0 Å². The molecular formula is C20H27N3O6S. The molecule has 0 fully saturated rings. The number of aromatic nitrogens is 1. The first kappa shape index (κ1) is 23.6. The number of carbonyl (C=O) groups excluding carboxylic acids is 2. The SMILES string of the molecule is CCN(CC)S(=O)(=O)c1ccc2[nH]c(=O)cc(C(=O)NCCCCC(=O)OC)c2c1. The Morgan fingerprint density at radius 1 is 1.13 bits per heavy atom. The Morgan fingerprint density at radius 3 is 2.47 bits per heavy atom. The van der Waals surface area contributed by atoms with Gasteiger partial charge in [-0.3, -0.25) is 14.4 Å². The van der Waals surface area contributed by atoms with Gasteiger partial charge in [0.25, 0.3) is 5.91 Å². The summed E-state index contributed by atoms with van der Waals surface area (Å²) in [6.45, 7) is 4.45. The standard InChI is InChI=1S/C20H27N3O6S/c1-4-23(5-2)30(27,28)14-9-10-17-15(12-14)16(13-18(24)22-17)20(26)21-11-7-6-8-19(25)29-3/h9-10,12-13H,4-8,11H2,1-3H3,(H,21,26)(H,22,24). The molecule has 0 saturated carbocycles. The number of sulfonamides is 1. The first-order valence-corrected chi connectivity index (χ1v) is 11.2. The van der Waals surface area contributed by atoms with Crippen molar-refractivity contribution in [2.75, 3.05) is 26.7 Å². The second-order valence-corrected chi connectivity index (χ2v) is 8.57. The van der Waals surface area contributed by atoms with Crippen LogP contribution in [-0.2, 0) is 19.6 Å². The number of methoxy groups -OCH3 is 1. The molecule has 0 aliphatic carbocycles. The molecule has 1 aromatic carbocycles. The summed E-state index contributed by atoms with van der Waals surface area (Å²) in [5, 5.41) is 3.05. The molecular weight excluding hydrogens is 410 g/mol. The van der Waals surface area contributed by atoms with E-state index < -0.39 is 21.5 Å². The Balaban J connectivity index is 2.30. The maximum Gasteiger partial charge on any atom is 0.305 e. The third-order valence-electron chi connectivity index (χ3n) is 4.72. The summed E-state index contributed by atoms with van der Waals surface area (Å²) in [6.07, 6.45) is 1.37. The Hall–Kier alpha value is -2.72. The van der Waals surface area contributed by atoms with Crippen LogP contribution in [0.4, 0.5) is 0 Å². The number of unbranched alkanes of at least 4 members (excludes halogenated alkanes) is 1. The van der Waals surface area contributed by atoms with Gasteiger partial charge in [0.15, 0.2) is 0 Å². The molecule has 0 unspecified atom stereocenters. The smallest absolute Gasteiger partial charge is 0.305 e. The molecule has 9 nitrogen and oxygen atoms in total. The average Bonchev–Trinajstić information content (AvgIpc) is 2.72. The number of H-pyrrole nitrogens is 1. The molecule has 0 saturated heterocycles. The van der Waals surface area contributed by atoms with Crippen LogP contribution < -0.4 is 10.9 Å². The summed E-state index contributed by atoms with van der Waals surface area (Å²) in [6, 6.07) is 5.46. The fraction of sp³-hybridized carbons (Fsp3) is 0.450. The molecule has 1 aromatic heterocycles. The zero-order valence-electron chi connectivity index (χ0n) is 17.4. The summed E-state index contributed by atoms with van der Waals surface area (Å²) < 4.78 is 31.5. The van der Waals surface area contributed by atoms with Crippen molar-refractivity contribution in [1.29, 1.82) is 0 Å². The molecule has 0 spiro atoms. The minimum absolute atomic E-state index is 0.0536. The van der Waals surface area contributed by atoms with Gasteiger partial charge in [0, 0.05) is 43.0 Å². The van der Waals surface area contributed by atoms with Gasteiger partial charge in [-0.1, -0.05) is 13.8 Å². The summed E-state index contributed by atoms with van der Waals surface area (Å²) in [5.41, 5.74) is 0.00726. The minimum Gasteiger partial charge on any atom is -0.469 e. The normalized spacial score (nSPS) is 11.6. The maximum atomic E-state index is 12.8. The average molecular weight is 438 g/mol. The number of pyridine rings is 1. The van der Waals surface area contributed by atoms with Crippen LogP contribution in [0, 0.1) is 0 Å². The highest BCUT2D eigenvalue weighted by atomic mass is 32.2. The van der Waals surface area contributed by atoms with Crippen LogP contribution >= 0.6 is 0 Å². The molecule has 0 atom stereocenters. The van der Waals surface area contributed by atoms with Gasteiger partial charge in [0.2, 0.25) is 15.6 Å². The van der Waals surface area contributed by atoms with Crippen molar-refractivity contribution in [3.63, 3.8) is 0 Å². The molecule has 1 amide bonds. The summed E-state index contributed by atoms with van der Waals surface area (Å²) >= 11 is 0. The number of esters is 1. The Labute approximate surface area is 175 Å². The van der Waals surface area contributed by atoms with E-state index in [1.54, 1.807) is 13.8 Å². The molecule has 164 valence electrons. The van der Waals surface area contributed by atoms with Gasteiger partial charge >= 0.3 is 5.97 Å². The molecule has 0 bridgehead atoms. The van der Waals surface area contributed by atoms with Crippen molar-refractivity contribution in [2.24, 2.45) is 0 Å². The van der Waals surface area contributed by atoms with Gasteiger partial charge in [-0.2, -0.15) is 4.31 Å². The number of benzene rings is 1. The van der Waals surface area contributed by atoms with E-state index in [0.29, 0.717) is 43.4 Å². The molecule has 1 heterocycles. The topological polar surface area (TPSA) is 126 Å². The monoisotopic (exact) mass is 437 g/mol. The number of carbonyl (C=O) groups is 2. The molecule has 10 heteroatoms. The van der Waals surface area contributed by atoms with E-state index in [2.05, 4.69) is 15.0 Å². The summed E-state index contributed by atoms with van der Waals surface area (Å²) in [5.74, 6) is -0.801. The van der Waals surface area contributed by atoms with Gasteiger partial charge < -0.3 is 15.0 Å². The van der Waals surface area contributed by atoms with Crippen molar-refractivity contribution in [2.45, 2.75) is 38.0 Å². The maximum absolute atomic E-state index is 12.8. The molecule has 0 radical (unpaired) electrons. The van der Waals surface area contributed by atoms with Crippen LogP contribution in [0.5, 0.6) is 0 Å². The van der Waals surface area contributed by atoms with Gasteiger partial charge in [-0.15, -0.1) is 0 Å². The van der Waals surface area contributed by atoms with Gasteiger partial charge in [0.1, 0.15) is 0 Å². The lowest BCUT2D eigenvalue weighted by Gasteiger charge is -2.19. The quantitative estimate of drug-likeness (QED) is 0.430. The van der Waals surface area contributed by atoms with E-state index in [9.17, 15) is 22.8 Å². The molecule has 0 aliphatic heterocycles. The number of amides is 1. The van der Waals surface area contributed by atoms with E-state index in [4.69, 9.17) is 0 Å². The van der Waals surface area contributed by atoms with E-state index >= 15 is 0 Å². The van der Waals surface area contributed by atoms with Crippen LogP contribution in [0.25, 0.3) is 10.9 Å². The summed E-state index contributed by atoms with van der Waals surface area (Å²) in [7, 11) is -2.40. The van der Waals surface area contributed by atoms with Crippen molar-refractivity contribution in [3.8, 4) is 0 Å². The number of rotatable bonds is 10. The molecule has 30 heavy (non-hydrogen) atoms. The van der Waals surface area contributed by atoms with Crippen molar-refractivity contribution < 1.29 is 22.7 Å². The Bertz CT molecular complexity index is 1070. The van der Waals surface area contributed by atoms with Crippen LogP contribution in [0.2, 0.25) is 0 Å². The fourth-order valence-electron chi connectivity index (χ4n) is 3.09. The highest BCUT2D eigenvalue weighted by Gasteiger charge is 2.23. The highest BCUT2D eigenvalue weighted by Crippen LogP contribution is 2.22. The largest absolute Gasteiger partial charge is 0.469 e. The van der Waals surface area contributed by atoms with E-state index in [0.717, 1.165) is 6.07 Å². The second-order valence-electron chi connectivity index (χ2n) is 6.63. The third-order valence-corrected chi connectivity index (χ3v) is 6.77. The van der Waals surface area contributed by atoms with Crippen LogP contribution in [-0.4, -0.2) is 56.3 Å². The lowest BCUT2D eigenvalue weighted by atomic mass is 10.1. The predicted molar refractivity (Wildman–Crippen MR) is 113 cm³/mol. The lowest BCUT2D eigenvalue weighted by molar-refractivity contribution is -0.140. The number of hydrogen-bond donors (Lipinski definition) is 2. The minimum atomic E-state index is -3.71. The lowest BCUT2D eigenvalue weighted by Crippen LogP contribution is -2.30. The number of aromatic amines is 1. The van der Waals surface area contributed by atoms with Crippen molar-refractivity contribution in [3.05, 3.63) is 40.2 Å². The van der Waals surface area contributed by atoms with E-state index in [1.165, 1.54) is 29.6 Å². The number of hydrogen-bond acceptors (Lipinski definition) is 6. The van der Waals surface area contributed by atoms with Crippen LogP contribution in [0.15, 0.2) is 34.0 Å². The molecule has 0 aliphatic rings. The highest BCUT2D eigenvalue weighted by molar-refractivity contribution is 7.89. The second kappa shape index (κ2) is 10.4. The molecule has 2 rings (SSSR count). The van der Waals surface area contributed by atoms with E-state index in [1.807, 2.05) is 0 Å². The fourth-order valence-corrected chi connectivity index (χ4v) is 4.57. The van der Waals surface area contributed by atoms with Crippen LogP contribution in [0.1, 0.15) is 43.5 Å². The Morgan fingerprint density at radius 2 is 1.83 bits per heavy atom. The molecule has 2 aromatic rings. The Kier molecular flexibility index (Phi) is 8.13. The third kappa shape index (κ3) is 5.45. The number of fused-ring (bicyclic) bond motifs is 1. The number of nitrogens with zero attached hydrogens (tertiary/aromatic N) is 1. The van der Waals surface area contributed by atoms with Gasteiger partial charge in [0.05, 0.1) is 17.6 Å². The predicted octanol–water partition coefficient (Wildman–Crippen LogP) is 1.63. The number of ether oxygens (including phenoxy) is 1. The van der Waals surface area contributed by atoms with Gasteiger partial charge in [-0.25, -0.2) is 8.42 Å². The number of nitrogens with one attached hydrogen (secondary N) is 2. The first-order valence-electron chi connectivity index (χ1n) is 9.76. The van der Waals surface area contributed by atoms with Crippen molar-refractivity contribution in [1.82, 2.24) is 14.6 Å².